The second kappa shape index (κ2) is 8.53. The van der Waals surface area contributed by atoms with E-state index in [1.165, 1.54) is 10.8 Å². The Bertz CT molecular complexity index is 642. The molecule has 2 atom stereocenters. The molecule has 2 unspecified atom stereocenters. The van der Waals surface area contributed by atoms with Gasteiger partial charge in [0.2, 0.25) is 0 Å². The predicted octanol–water partition coefficient (Wildman–Crippen LogP) is 3.61. The van der Waals surface area contributed by atoms with Crippen LogP contribution in [0.25, 0.3) is 10.8 Å². The topological polar surface area (TPSA) is 61.4 Å². The summed E-state index contributed by atoms with van der Waals surface area (Å²) >= 11 is 0. The Balaban J connectivity index is 1.91. The van der Waals surface area contributed by atoms with Gasteiger partial charge in [0.05, 0.1) is 6.04 Å². The third kappa shape index (κ3) is 4.96. The van der Waals surface area contributed by atoms with Gasteiger partial charge in [-0.15, -0.1) is 0 Å². The number of amides is 2. The highest BCUT2D eigenvalue weighted by atomic mass is 16.3. The van der Waals surface area contributed by atoms with Crippen LogP contribution in [0.3, 0.4) is 0 Å². The van der Waals surface area contributed by atoms with Crippen molar-refractivity contribution >= 4 is 16.8 Å². The minimum absolute atomic E-state index is 0.0578. The lowest BCUT2D eigenvalue weighted by molar-refractivity contribution is 0.228. The van der Waals surface area contributed by atoms with Gasteiger partial charge < -0.3 is 15.7 Å². The zero-order valence-electron chi connectivity index (χ0n) is 13.9. The Morgan fingerprint density at radius 2 is 1.91 bits per heavy atom. The molecule has 4 nitrogen and oxygen atoms in total. The van der Waals surface area contributed by atoms with E-state index in [1.54, 1.807) is 0 Å². The van der Waals surface area contributed by atoms with Gasteiger partial charge in [0, 0.05) is 13.2 Å². The van der Waals surface area contributed by atoms with Crippen LogP contribution in [-0.4, -0.2) is 24.3 Å². The number of hydrogen-bond acceptors (Lipinski definition) is 2. The standard InChI is InChI=1S/C19H26N2O2/c1-3-15(10-11-22)13-20-19(23)21-14(2)17-9-8-16-6-4-5-7-18(16)12-17/h4-9,12,14-15,22H,3,10-11,13H2,1-2H3,(H2,20,21,23). The van der Waals surface area contributed by atoms with E-state index in [0.29, 0.717) is 12.5 Å². The zero-order chi connectivity index (χ0) is 16.7. The number of carbonyl (C=O) groups is 1. The van der Waals surface area contributed by atoms with E-state index in [0.717, 1.165) is 18.4 Å². The van der Waals surface area contributed by atoms with E-state index in [9.17, 15) is 4.79 Å². The van der Waals surface area contributed by atoms with Crippen molar-refractivity contribution in [3.8, 4) is 0 Å². The van der Waals surface area contributed by atoms with E-state index in [1.807, 2.05) is 25.1 Å². The molecule has 124 valence electrons. The molecule has 2 aromatic rings. The Labute approximate surface area is 137 Å². The van der Waals surface area contributed by atoms with Gasteiger partial charge in [0.1, 0.15) is 0 Å². The molecule has 0 aliphatic carbocycles. The molecule has 4 heteroatoms. The molecule has 0 fully saturated rings. The first-order valence-electron chi connectivity index (χ1n) is 8.28. The first-order chi connectivity index (χ1) is 11.1. The first-order valence-corrected chi connectivity index (χ1v) is 8.28. The summed E-state index contributed by atoms with van der Waals surface area (Å²) in [6.45, 7) is 4.80. The Kier molecular flexibility index (Phi) is 6.41. The summed E-state index contributed by atoms with van der Waals surface area (Å²) < 4.78 is 0. The zero-order valence-corrected chi connectivity index (χ0v) is 13.9. The average Bonchev–Trinajstić information content (AvgIpc) is 2.58. The van der Waals surface area contributed by atoms with Gasteiger partial charge in [-0.25, -0.2) is 4.79 Å². The van der Waals surface area contributed by atoms with Crippen LogP contribution in [0.2, 0.25) is 0 Å². The number of aliphatic hydroxyl groups excluding tert-OH is 1. The molecule has 2 amide bonds. The molecule has 23 heavy (non-hydrogen) atoms. The van der Waals surface area contributed by atoms with Crippen LogP contribution >= 0.6 is 0 Å². The van der Waals surface area contributed by atoms with Crippen molar-refractivity contribution < 1.29 is 9.90 Å². The molecule has 0 aliphatic heterocycles. The number of fused-ring (bicyclic) bond motifs is 1. The third-order valence-corrected chi connectivity index (χ3v) is 4.29. The average molecular weight is 314 g/mol. The fourth-order valence-electron chi connectivity index (χ4n) is 2.68. The van der Waals surface area contributed by atoms with Crippen LogP contribution in [0.1, 0.15) is 38.3 Å². The number of hydrogen-bond donors (Lipinski definition) is 3. The molecule has 0 aliphatic rings. The van der Waals surface area contributed by atoms with Gasteiger partial charge in [-0.3, -0.25) is 0 Å². The van der Waals surface area contributed by atoms with Crippen molar-refractivity contribution in [1.82, 2.24) is 10.6 Å². The number of nitrogens with one attached hydrogen (secondary N) is 2. The first kappa shape index (κ1) is 17.3. The van der Waals surface area contributed by atoms with Crippen molar-refractivity contribution in [3.63, 3.8) is 0 Å². The van der Waals surface area contributed by atoms with Crippen molar-refractivity contribution in [2.24, 2.45) is 5.92 Å². The van der Waals surface area contributed by atoms with Crippen molar-refractivity contribution in [1.29, 1.82) is 0 Å². The van der Waals surface area contributed by atoms with Crippen LogP contribution in [0, 0.1) is 5.92 Å². The second-order valence-corrected chi connectivity index (χ2v) is 5.97. The summed E-state index contributed by atoms with van der Waals surface area (Å²) in [6, 6.07) is 14.2. The van der Waals surface area contributed by atoms with Gasteiger partial charge in [0.15, 0.2) is 0 Å². The number of urea groups is 1. The molecular weight excluding hydrogens is 288 g/mol. The molecule has 0 aromatic heterocycles. The Morgan fingerprint density at radius 3 is 2.61 bits per heavy atom. The lowest BCUT2D eigenvalue weighted by atomic mass is 10.0. The third-order valence-electron chi connectivity index (χ3n) is 4.29. The van der Waals surface area contributed by atoms with E-state index >= 15 is 0 Å². The van der Waals surface area contributed by atoms with Gasteiger partial charge in [0.25, 0.3) is 0 Å². The molecule has 0 bridgehead atoms. The molecule has 0 spiro atoms. The summed E-state index contributed by atoms with van der Waals surface area (Å²) in [5, 5.41) is 17.2. The number of aliphatic hydroxyl groups is 1. The Hall–Kier alpha value is -2.07. The molecule has 2 rings (SSSR count). The second-order valence-electron chi connectivity index (χ2n) is 5.97. The lowest BCUT2D eigenvalue weighted by Crippen LogP contribution is -2.39. The summed E-state index contributed by atoms with van der Waals surface area (Å²) in [4.78, 5) is 12.0. The van der Waals surface area contributed by atoms with E-state index in [2.05, 4.69) is 41.8 Å². The van der Waals surface area contributed by atoms with Crippen molar-refractivity contribution in [3.05, 3.63) is 48.0 Å². The molecule has 3 N–H and O–H groups in total. The summed E-state index contributed by atoms with van der Waals surface area (Å²) in [5.41, 5.74) is 1.08. The minimum atomic E-state index is -0.165. The van der Waals surface area contributed by atoms with E-state index < -0.39 is 0 Å². The maximum absolute atomic E-state index is 12.0. The largest absolute Gasteiger partial charge is 0.396 e. The smallest absolute Gasteiger partial charge is 0.315 e. The molecule has 0 heterocycles. The maximum atomic E-state index is 12.0. The molecule has 0 saturated carbocycles. The Morgan fingerprint density at radius 1 is 1.17 bits per heavy atom. The number of benzene rings is 2. The van der Waals surface area contributed by atoms with Gasteiger partial charge in [-0.1, -0.05) is 49.7 Å². The van der Waals surface area contributed by atoms with Crippen molar-refractivity contribution in [2.45, 2.75) is 32.7 Å². The fourth-order valence-corrected chi connectivity index (χ4v) is 2.68. The van der Waals surface area contributed by atoms with Crippen LogP contribution in [0.5, 0.6) is 0 Å². The summed E-state index contributed by atoms with van der Waals surface area (Å²) in [7, 11) is 0. The highest BCUT2D eigenvalue weighted by Crippen LogP contribution is 2.20. The van der Waals surface area contributed by atoms with Crippen molar-refractivity contribution in [2.75, 3.05) is 13.2 Å². The lowest BCUT2D eigenvalue weighted by Gasteiger charge is -2.18. The SMILES string of the molecule is CCC(CCO)CNC(=O)NC(C)c1ccc2ccccc2c1. The number of carbonyl (C=O) groups excluding carboxylic acids is 1. The predicted molar refractivity (Wildman–Crippen MR) is 94.4 cm³/mol. The highest BCUT2D eigenvalue weighted by molar-refractivity contribution is 5.83. The quantitative estimate of drug-likeness (QED) is 0.731. The molecule has 2 aromatic carbocycles. The monoisotopic (exact) mass is 314 g/mol. The number of rotatable bonds is 7. The van der Waals surface area contributed by atoms with Gasteiger partial charge >= 0.3 is 6.03 Å². The summed E-state index contributed by atoms with van der Waals surface area (Å²) in [5.74, 6) is 0.321. The molecule has 0 radical (unpaired) electrons. The normalized spacial score (nSPS) is 13.5. The van der Waals surface area contributed by atoms with Crippen LogP contribution in [0.15, 0.2) is 42.5 Å². The van der Waals surface area contributed by atoms with Crippen LogP contribution in [0.4, 0.5) is 4.79 Å². The summed E-state index contributed by atoms with van der Waals surface area (Å²) in [6.07, 6.45) is 1.66. The molecular formula is C19H26N2O2. The minimum Gasteiger partial charge on any atom is -0.396 e. The van der Waals surface area contributed by atoms with E-state index in [-0.39, 0.29) is 18.7 Å². The fraction of sp³-hybridized carbons (Fsp3) is 0.421. The van der Waals surface area contributed by atoms with E-state index in [4.69, 9.17) is 5.11 Å². The van der Waals surface area contributed by atoms with Gasteiger partial charge in [-0.2, -0.15) is 0 Å². The maximum Gasteiger partial charge on any atom is 0.315 e. The highest BCUT2D eigenvalue weighted by Gasteiger charge is 2.12. The van der Waals surface area contributed by atoms with Crippen LogP contribution < -0.4 is 10.6 Å². The van der Waals surface area contributed by atoms with Gasteiger partial charge in [-0.05, 0) is 41.7 Å². The van der Waals surface area contributed by atoms with Crippen LogP contribution in [-0.2, 0) is 0 Å². The molecule has 0 saturated heterocycles.